The Hall–Kier alpha value is -1.14. The van der Waals surface area contributed by atoms with E-state index in [1.54, 1.807) is 13.8 Å². The van der Waals surface area contributed by atoms with Crippen LogP contribution in [0.3, 0.4) is 0 Å². The van der Waals surface area contributed by atoms with Gasteiger partial charge < -0.3 is 18.9 Å². The second-order valence-corrected chi connectivity index (χ2v) is 7.44. The lowest BCUT2D eigenvalue weighted by molar-refractivity contribution is -0.431. The molecule has 0 amide bonds. The normalized spacial score (nSPS) is 68.4. The maximum Gasteiger partial charge on any atom is 0.315 e. The fourth-order valence-electron chi connectivity index (χ4n) is 5.86. The molecule has 0 N–H and O–H groups in total. The Kier molecular flexibility index (Phi) is 1.45. The highest BCUT2D eigenvalue weighted by Gasteiger charge is 2.91. The van der Waals surface area contributed by atoms with Gasteiger partial charge in [-0.2, -0.15) is 0 Å². The second kappa shape index (κ2) is 2.52. The molecule has 0 radical (unpaired) electrons. The molecule has 6 rings (SSSR count). The molecule has 108 valence electrons. The number of carbonyl (C=O) groups excluding carboxylic acids is 2. The number of ether oxygens (including phenoxy) is 4. The molecule has 6 fully saturated rings. The zero-order valence-corrected chi connectivity index (χ0v) is 11.8. The summed E-state index contributed by atoms with van der Waals surface area (Å²) < 4.78 is 23.8. The summed E-state index contributed by atoms with van der Waals surface area (Å²) in [5.74, 6) is -1.82. The number of fused-ring (bicyclic) bond motifs is 2. The first-order valence-corrected chi connectivity index (χ1v) is 6.99. The molecule has 0 spiro atoms. The first kappa shape index (κ1) is 11.5. The SMILES string of the molecule is CC12OC3(C)C4C(=O)OC1C1(C)OC4(C)C3C(=O)OC21. The smallest absolute Gasteiger partial charge is 0.315 e. The van der Waals surface area contributed by atoms with Crippen LogP contribution in [0.25, 0.3) is 0 Å². The minimum absolute atomic E-state index is 0.322. The van der Waals surface area contributed by atoms with Gasteiger partial charge in [-0.15, -0.1) is 0 Å². The van der Waals surface area contributed by atoms with Crippen LogP contribution in [-0.2, 0) is 28.5 Å². The highest BCUT2D eigenvalue weighted by Crippen LogP contribution is 2.71. The predicted octanol–water partition coefficient (Wildman–Crippen LogP) is 0.178. The Morgan fingerprint density at radius 1 is 0.700 bits per heavy atom. The van der Waals surface area contributed by atoms with Crippen LogP contribution in [0.15, 0.2) is 0 Å². The molecule has 2 saturated carbocycles. The van der Waals surface area contributed by atoms with Crippen molar-refractivity contribution in [3.8, 4) is 0 Å². The number of hydrogen-bond acceptors (Lipinski definition) is 6. The Balaban J connectivity index is 1.85. The van der Waals surface area contributed by atoms with Crippen LogP contribution in [0.4, 0.5) is 0 Å². The van der Waals surface area contributed by atoms with Crippen molar-refractivity contribution in [2.45, 2.75) is 62.3 Å². The lowest BCUT2D eigenvalue weighted by Crippen LogP contribution is -2.87. The summed E-state index contributed by atoms with van der Waals surface area (Å²) in [4.78, 5) is 24.9. The Labute approximate surface area is 115 Å². The van der Waals surface area contributed by atoms with Gasteiger partial charge in [-0.1, -0.05) is 0 Å². The van der Waals surface area contributed by atoms with E-state index in [0.29, 0.717) is 0 Å². The first-order chi connectivity index (χ1) is 9.18. The molecule has 6 nitrogen and oxygen atoms in total. The van der Waals surface area contributed by atoms with E-state index in [-0.39, 0.29) is 11.9 Å². The van der Waals surface area contributed by atoms with Gasteiger partial charge in [0.2, 0.25) is 0 Å². The van der Waals surface area contributed by atoms with Gasteiger partial charge in [0.25, 0.3) is 0 Å². The van der Waals surface area contributed by atoms with E-state index in [1.807, 2.05) is 13.8 Å². The fraction of sp³-hybridized carbons (Fsp3) is 0.857. The topological polar surface area (TPSA) is 71.1 Å². The molecule has 6 heteroatoms. The van der Waals surface area contributed by atoms with Crippen LogP contribution in [-0.4, -0.2) is 46.6 Å². The molecule has 4 heterocycles. The van der Waals surface area contributed by atoms with E-state index in [2.05, 4.69) is 0 Å². The van der Waals surface area contributed by atoms with Gasteiger partial charge in [-0.25, -0.2) is 0 Å². The van der Waals surface area contributed by atoms with Gasteiger partial charge in [0.05, 0.1) is 11.2 Å². The largest absolute Gasteiger partial charge is 0.456 e. The summed E-state index contributed by atoms with van der Waals surface area (Å²) in [5.41, 5.74) is -3.44. The molecular weight excluding hydrogens is 264 g/mol. The zero-order chi connectivity index (χ0) is 14.3. The zero-order valence-electron chi connectivity index (χ0n) is 11.8. The van der Waals surface area contributed by atoms with Crippen LogP contribution in [0.2, 0.25) is 0 Å². The van der Waals surface area contributed by atoms with Crippen LogP contribution >= 0.6 is 0 Å². The maximum absolute atomic E-state index is 12.4. The Morgan fingerprint density at radius 3 is 1.40 bits per heavy atom. The molecule has 8 bridgehead atoms. The predicted molar refractivity (Wildman–Crippen MR) is 62.5 cm³/mol. The Morgan fingerprint density at radius 2 is 1.05 bits per heavy atom. The van der Waals surface area contributed by atoms with Gasteiger partial charge >= 0.3 is 11.9 Å². The lowest BCUT2D eigenvalue weighted by Gasteiger charge is -2.69. The van der Waals surface area contributed by atoms with Gasteiger partial charge in [0.15, 0.2) is 12.2 Å². The minimum Gasteiger partial charge on any atom is -0.456 e. The van der Waals surface area contributed by atoms with Crippen molar-refractivity contribution < 1.29 is 28.5 Å². The summed E-state index contributed by atoms with van der Waals surface area (Å²) >= 11 is 0. The van der Waals surface area contributed by atoms with Gasteiger partial charge in [0.1, 0.15) is 23.0 Å². The summed E-state index contributed by atoms with van der Waals surface area (Å²) in [7, 11) is 0. The van der Waals surface area contributed by atoms with E-state index >= 15 is 0 Å². The van der Waals surface area contributed by atoms with Crippen LogP contribution in [0.5, 0.6) is 0 Å². The minimum atomic E-state index is -0.900. The average molecular weight is 280 g/mol. The van der Waals surface area contributed by atoms with Crippen molar-refractivity contribution in [2.24, 2.45) is 11.8 Å². The van der Waals surface area contributed by atoms with Crippen molar-refractivity contribution in [1.29, 1.82) is 0 Å². The van der Waals surface area contributed by atoms with Crippen molar-refractivity contribution in [3.63, 3.8) is 0 Å². The van der Waals surface area contributed by atoms with Crippen molar-refractivity contribution in [3.05, 3.63) is 0 Å². The third-order valence-corrected chi connectivity index (χ3v) is 6.19. The van der Waals surface area contributed by atoms with Gasteiger partial charge in [0, 0.05) is 0 Å². The van der Waals surface area contributed by atoms with E-state index in [0.717, 1.165) is 0 Å². The van der Waals surface area contributed by atoms with E-state index in [9.17, 15) is 9.59 Å². The summed E-state index contributed by atoms with van der Waals surface area (Å²) in [6, 6.07) is 0. The molecule has 2 aliphatic carbocycles. The van der Waals surface area contributed by atoms with Gasteiger partial charge in [-0.3, -0.25) is 9.59 Å². The quantitative estimate of drug-likeness (QED) is 0.589. The summed E-state index contributed by atoms with van der Waals surface area (Å²) in [5, 5.41) is 0. The first-order valence-electron chi connectivity index (χ1n) is 6.99. The summed E-state index contributed by atoms with van der Waals surface area (Å²) in [6.07, 6.45) is -1.07. The highest BCUT2D eigenvalue weighted by molar-refractivity contribution is 5.88. The third kappa shape index (κ3) is 0.757. The molecule has 0 aromatic carbocycles. The standard InChI is InChI=1S/C14H16O6/c1-11-5-7(15)17-9-13(3,19-11)10-14(9,4)20-12(5,2)6(11)8(16)18-10/h5-6,9-10H,1-4H3. The number of hydrogen-bond donors (Lipinski definition) is 0. The monoisotopic (exact) mass is 280 g/mol. The molecule has 4 saturated heterocycles. The van der Waals surface area contributed by atoms with Gasteiger partial charge in [-0.05, 0) is 27.7 Å². The second-order valence-electron chi connectivity index (χ2n) is 7.44. The molecular formula is C14H16O6. The average Bonchev–Trinajstić information content (AvgIpc) is 2.50. The van der Waals surface area contributed by atoms with Crippen molar-refractivity contribution in [2.75, 3.05) is 0 Å². The van der Waals surface area contributed by atoms with Crippen molar-refractivity contribution in [1.82, 2.24) is 0 Å². The number of esters is 2. The molecule has 0 unspecified atom stereocenters. The number of rotatable bonds is 0. The third-order valence-electron chi connectivity index (χ3n) is 6.19. The summed E-state index contributed by atoms with van der Waals surface area (Å²) in [6.45, 7) is 7.27. The fourth-order valence-corrected chi connectivity index (χ4v) is 5.86. The molecule has 4 aliphatic heterocycles. The molecule has 0 aromatic rings. The maximum atomic E-state index is 12.4. The Bertz CT molecular complexity index is 526. The van der Waals surface area contributed by atoms with E-state index in [1.165, 1.54) is 0 Å². The molecule has 20 heavy (non-hydrogen) atoms. The highest BCUT2D eigenvalue weighted by atomic mass is 16.7. The van der Waals surface area contributed by atoms with Crippen molar-refractivity contribution >= 4 is 11.9 Å². The molecule has 6 aliphatic rings. The molecule has 0 aromatic heterocycles. The van der Waals surface area contributed by atoms with Crippen LogP contribution in [0.1, 0.15) is 27.7 Å². The van der Waals surface area contributed by atoms with Crippen LogP contribution in [0, 0.1) is 11.8 Å². The van der Waals surface area contributed by atoms with Crippen LogP contribution < -0.4 is 0 Å². The molecule has 0 atom stereocenters. The number of carbonyl (C=O) groups is 2. The van der Waals surface area contributed by atoms with E-state index < -0.39 is 46.4 Å². The van der Waals surface area contributed by atoms with E-state index in [4.69, 9.17) is 18.9 Å². The lowest BCUT2D eigenvalue weighted by atomic mass is 9.50.